The van der Waals surface area contributed by atoms with Crippen molar-refractivity contribution in [2.45, 2.75) is 13.5 Å². The molecule has 1 heterocycles. The fraction of sp³-hybridized carbons (Fsp3) is 0.571. The van der Waals surface area contributed by atoms with Gasteiger partial charge in [0.15, 0.2) is 4.77 Å². The van der Waals surface area contributed by atoms with Crippen molar-refractivity contribution >= 4 is 12.2 Å². The number of ether oxygens (including phenoxy) is 1. The van der Waals surface area contributed by atoms with Crippen LogP contribution in [0.1, 0.15) is 5.69 Å². The highest BCUT2D eigenvalue weighted by Gasteiger charge is 1.94. The summed E-state index contributed by atoms with van der Waals surface area (Å²) in [7, 11) is 1.68. The normalized spacial score (nSPS) is 10.4. The van der Waals surface area contributed by atoms with Crippen molar-refractivity contribution in [3.63, 3.8) is 0 Å². The number of imidazole rings is 1. The molecule has 0 aliphatic rings. The average Bonchev–Trinajstić information content (AvgIpc) is 2.26. The van der Waals surface area contributed by atoms with E-state index < -0.39 is 0 Å². The van der Waals surface area contributed by atoms with E-state index in [-0.39, 0.29) is 0 Å². The average molecular weight is 172 g/mol. The van der Waals surface area contributed by atoms with Gasteiger partial charge in [-0.05, 0) is 19.1 Å². The van der Waals surface area contributed by atoms with E-state index in [1.165, 1.54) is 0 Å². The molecule has 0 aliphatic heterocycles. The van der Waals surface area contributed by atoms with Gasteiger partial charge in [0.2, 0.25) is 0 Å². The SMILES string of the molecule is COCCn1cc(C)[nH]c1=S. The zero-order valence-electron chi connectivity index (χ0n) is 6.76. The Morgan fingerprint density at radius 3 is 2.91 bits per heavy atom. The minimum Gasteiger partial charge on any atom is -0.383 e. The van der Waals surface area contributed by atoms with Crippen LogP contribution in [0.25, 0.3) is 0 Å². The summed E-state index contributed by atoms with van der Waals surface area (Å²) in [5.41, 5.74) is 1.09. The smallest absolute Gasteiger partial charge is 0.177 e. The molecule has 0 saturated heterocycles. The van der Waals surface area contributed by atoms with Gasteiger partial charge in [-0.1, -0.05) is 0 Å². The zero-order valence-corrected chi connectivity index (χ0v) is 7.57. The van der Waals surface area contributed by atoms with E-state index in [0.717, 1.165) is 17.0 Å². The van der Waals surface area contributed by atoms with E-state index in [2.05, 4.69) is 4.98 Å². The maximum absolute atomic E-state index is 5.04. The number of aromatic nitrogens is 2. The number of nitrogens with zero attached hydrogens (tertiary/aromatic N) is 1. The first-order valence-corrected chi connectivity index (χ1v) is 3.90. The zero-order chi connectivity index (χ0) is 8.27. The van der Waals surface area contributed by atoms with Crippen molar-refractivity contribution in [3.8, 4) is 0 Å². The van der Waals surface area contributed by atoms with Crippen LogP contribution in [0.15, 0.2) is 6.20 Å². The van der Waals surface area contributed by atoms with Crippen LogP contribution in [-0.2, 0) is 11.3 Å². The quantitative estimate of drug-likeness (QED) is 0.700. The number of hydrogen-bond donors (Lipinski definition) is 1. The molecule has 0 bridgehead atoms. The summed E-state index contributed by atoms with van der Waals surface area (Å²) in [6.45, 7) is 3.50. The molecule has 1 aromatic heterocycles. The highest BCUT2D eigenvalue weighted by Crippen LogP contribution is 1.96. The molecule has 0 amide bonds. The van der Waals surface area contributed by atoms with E-state index in [4.69, 9.17) is 17.0 Å². The van der Waals surface area contributed by atoms with Crippen LogP contribution in [0, 0.1) is 11.7 Å². The van der Waals surface area contributed by atoms with Gasteiger partial charge in [-0.25, -0.2) is 0 Å². The van der Waals surface area contributed by atoms with Crippen molar-refractivity contribution < 1.29 is 4.74 Å². The van der Waals surface area contributed by atoms with Gasteiger partial charge in [0.25, 0.3) is 0 Å². The van der Waals surface area contributed by atoms with E-state index in [0.29, 0.717) is 6.61 Å². The highest BCUT2D eigenvalue weighted by molar-refractivity contribution is 7.71. The van der Waals surface area contributed by atoms with Gasteiger partial charge < -0.3 is 14.3 Å². The number of H-pyrrole nitrogens is 1. The van der Waals surface area contributed by atoms with Crippen LogP contribution in [0.2, 0.25) is 0 Å². The van der Waals surface area contributed by atoms with E-state index in [9.17, 15) is 0 Å². The molecule has 0 spiro atoms. The summed E-state index contributed by atoms with van der Waals surface area (Å²) in [5, 5.41) is 0. The van der Waals surface area contributed by atoms with Crippen molar-refractivity contribution in [3.05, 3.63) is 16.7 Å². The number of rotatable bonds is 3. The second-order valence-corrected chi connectivity index (χ2v) is 2.82. The molecule has 0 radical (unpaired) electrons. The lowest BCUT2D eigenvalue weighted by Crippen LogP contribution is -2.02. The minimum absolute atomic E-state index is 0.700. The molecule has 0 atom stereocenters. The summed E-state index contributed by atoms with van der Waals surface area (Å²) < 4.78 is 7.66. The van der Waals surface area contributed by atoms with Gasteiger partial charge in [0, 0.05) is 25.5 Å². The molecule has 0 unspecified atom stereocenters. The van der Waals surface area contributed by atoms with E-state index >= 15 is 0 Å². The highest BCUT2D eigenvalue weighted by atomic mass is 32.1. The molecule has 0 aliphatic carbocycles. The van der Waals surface area contributed by atoms with Crippen LogP contribution >= 0.6 is 12.2 Å². The molecule has 1 rings (SSSR count). The van der Waals surface area contributed by atoms with Crippen LogP contribution in [-0.4, -0.2) is 23.3 Å². The Bertz CT molecular complexity index is 276. The summed E-state index contributed by atoms with van der Waals surface area (Å²) in [4.78, 5) is 3.04. The lowest BCUT2D eigenvalue weighted by Gasteiger charge is -1.98. The third-order valence-electron chi connectivity index (χ3n) is 1.45. The Kier molecular flexibility index (Phi) is 2.84. The van der Waals surface area contributed by atoms with Gasteiger partial charge >= 0.3 is 0 Å². The molecule has 1 aromatic rings. The molecular weight excluding hydrogens is 160 g/mol. The van der Waals surface area contributed by atoms with Crippen LogP contribution in [0.3, 0.4) is 0 Å². The molecular formula is C7H12N2OS. The molecule has 0 saturated carbocycles. The number of nitrogens with one attached hydrogen (secondary N) is 1. The first kappa shape index (κ1) is 8.49. The van der Waals surface area contributed by atoms with E-state index in [1.807, 2.05) is 17.7 Å². The molecule has 0 aromatic carbocycles. The number of aryl methyl sites for hydroxylation is 1. The fourth-order valence-electron chi connectivity index (χ4n) is 0.921. The fourth-order valence-corrected chi connectivity index (χ4v) is 1.23. The monoisotopic (exact) mass is 172 g/mol. The first-order chi connectivity index (χ1) is 5.24. The number of methoxy groups -OCH3 is 1. The van der Waals surface area contributed by atoms with Crippen LogP contribution in [0.4, 0.5) is 0 Å². The van der Waals surface area contributed by atoms with Gasteiger partial charge in [-0.3, -0.25) is 0 Å². The molecule has 62 valence electrons. The molecule has 4 heteroatoms. The number of aromatic amines is 1. The Balaban J connectivity index is 2.70. The van der Waals surface area contributed by atoms with Crippen LogP contribution in [0.5, 0.6) is 0 Å². The van der Waals surface area contributed by atoms with Crippen molar-refractivity contribution in [1.29, 1.82) is 0 Å². The second-order valence-electron chi connectivity index (χ2n) is 2.43. The predicted octanol–water partition coefficient (Wildman–Crippen LogP) is 1.50. The lowest BCUT2D eigenvalue weighted by molar-refractivity contribution is 0.187. The van der Waals surface area contributed by atoms with E-state index in [1.54, 1.807) is 7.11 Å². The first-order valence-electron chi connectivity index (χ1n) is 3.49. The molecule has 0 fully saturated rings. The lowest BCUT2D eigenvalue weighted by atomic mass is 10.5. The largest absolute Gasteiger partial charge is 0.383 e. The van der Waals surface area contributed by atoms with Crippen molar-refractivity contribution in [2.75, 3.05) is 13.7 Å². The van der Waals surface area contributed by atoms with Gasteiger partial charge in [0.1, 0.15) is 0 Å². The summed E-state index contributed by atoms with van der Waals surface area (Å²) >= 11 is 5.04. The Labute approximate surface area is 71.0 Å². The third kappa shape index (κ3) is 2.17. The van der Waals surface area contributed by atoms with Gasteiger partial charge in [-0.15, -0.1) is 0 Å². The Morgan fingerprint density at radius 1 is 1.73 bits per heavy atom. The van der Waals surface area contributed by atoms with Crippen molar-refractivity contribution in [1.82, 2.24) is 9.55 Å². The molecule has 11 heavy (non-hydrogen) atoms. The summed E-state index contributed by atoms with van der Waals surface area (Å²) in [5.74, 6) is 0. The van der Waals surface area contributed by atoms with Crippen molar-refractivity contribution in [2.24, 2.45) is 0 Å². The maximum atomic E-state index is 5.04. The summed E-state index contributed by atoms with van der Waals surface area (Å²) in [6, 6.07) is 0. The Morgan fingerprint density at radius 2 is 2.45 bits per heavy atom. The topological polar surface area (TPSA) is 29.9 Å². The second kappa shape index (κ2) is 3.69. The van der Waals surface area contributed by atoms with Gasteiger partial charge in [0.05, 0.1) is 6.61 Å². The molecule has 1 N–H and O–H groups in total. The Hall–Kier alpha value is -0.610. The maximum Gasteiger partial charge on any atom is 0.177 e. The third-order valence-corrected chi connectivity index (χ3v) is 1.79. The number of hydrogen-bond acceptors (Lipinski definition) is 2. The summed E-state index contributed by atoms with van der Waals surface area (Å²) in [6.07, 6.45) is 1.99. The van der Waals surface area contributed by atoms with Crippen LogP contribution < -0.4 is 0 Å². The molecule has 3 nitrogen and oxygen atoms in total. The minimum atomic E-state index is 0.700. The predicted molar refractivity (Wildman–Crippen MR) is 46.2 cm³/mol. The van der Waals surface area contributed by atoms with Gasteiger partial charge in [-0.2, -0.15) is 0 Å². The standard InChI is InChI=1S/C7H12N2OS/c1-6-5-9(3-4-10-2)7(11)8-6/h5H,3-4H2,1-2H3,(H,8,11).